The molecule has 1 aromatic rings. The highest BCUT2D eigenvalue weighted by Gasteiger charge is 2.15. The van der Waals surface area contributed by atoms with Gasteiger partial charge in [0.2, 0.25) is 0 Å². The Labute approximate surface area is 99.3 Å². The molecule has 0 aliphatic heterocycles. The van der Waals surface area contributed by atoms with Crippen molar-refractivity contribution in [2.24, 2.45) is 0 Å². The summed E-state index contributed by atoms with van der Waals surface area (Å²) in [4.78, 5) is 0. The number of benzene rings is 1. The monoisotopic (exact) mass is 243 g/mol. The second kappa shape index (κ2) is 6.45. The van der Waals surface area contributed by atoms with E-state index in [9.17, 15) is 13.2 Å². The van der Waals surface area contributed by atoms with Gasteiger partial charge in [-0.15, -0.1) is 6.58 Å². The fourth-order valence-corrected chi connectivity index (χ4v) is 1.60. The van der Waals surface area contributed by atoms with E-state index in [-0.39, 0.29) is 6.04 Å². The first-order valence-corrected chi connectivity index (χ1v) is 5.58. The van der Waals surface area contributed by atoms with Crippen molar-refractivity contribution < 1.29 is 13.2 Å². The van der Waals surface area contributed by atoms with Crippen molar-refractivity contribution in [3.05, 3.63) is 47.8 Å². The van der Waals surface area contributed by atoms with Crippen LogP contribution in [-0.2, 0) is 0 Å². The van der Waals surface area contributed by atoms with Crippen LogP contribution in [0.25, 0.3) is 0 Å². The Morgan fingerprint density at radius 2 is 1.88 bits per heavy atom. The van der Waals surface area contributed by atoms with Crippen LogP contribution >= 0.6 is 0 Å². The van der Waals surface area contributed by atoms with E-state index in [0.29, 0.717) is 12.0 Å². The minimum absolute atomic E-state index is 0.239. The summed E-state index contributed by atoms with van der Waals surface area (Å²) in [6, 6.07) is 1.81. The molecule has 1 unspecified atom stereocenters. The fourth-order valence-electron chi connectivity index (χ4n) is 1.60. The zero-order valence-corrected chi connectivity index (χ0v) is 9.77. The maximum absolute atomic E-state index is 13.1. The number of hydrogen-bond acceptors (Lipinski definition) is 1. The molecule has 94 valence electrons. The molecule has 1 nitrogen and oxygen atoms in total. The summed E-state index contributed by atoms with van der Waals surface area (Å²) in [6.45, 7) is 6.31. The molecular formula is C13H16F3N. The SMILES string of the molecule is C=CCC(NCCC)c1cc(F)c(F)c(F)c1. The van der Waals surface area contributed by atoms with E-state index in [4.69, 9.17) is 0 Å². The van der Waals surface area contributed by atoms with Gasteiger partial charge >= 0.3 is 0 Å². The molecule has 0 spiro atoms. The van der Waals surface area contributed by atoms with Crippen LogP contribution in [0, 0.1) is 17.5 Å². The van der Waals surface area contributed by atoms with Crippen molar-refractivity contribution in [2.75, 3.05) is 6.54 Å². The minimum atomic E-state index is -1.43. The van der Waals surface area contributed by atoms with E-state index < -0.39 is 17.5 Å². The van der Waals surface area contributed by atoms with Crippen molar-refractivity contribution >= 4 is 0 Å². The van der Waals surface area contributed by atoms with Gasteiger partial charge in [-0.2, -0.15) is 0 Å². The second-order valence-electron chi connectivity index (χ2n) is 3.83. The Morgan fingerprint density at radius 3 is 2.35 bits per heavy atom. The lowest BCUT2D eigenvalue weighted by molar-refractivity contribution is 0.439. The van der Waals surface area contributed by atoms with Crippen molar-refractivity contribution in [3.8, 4) is 0 Å². The molecule has 0 aliphatic carbocycles. The summed E-state index contributed by atoms with van der Waals surface area (Å²) < 4.78 is 39.0. The molecule has 0 bridgehead atoms. The highest BCUT2D eigenvalue weighted by Crippen LogP contribution is 2.22. The van der Waals surface area contributed by atoms with Crippen LogP contribution in [-0.4, -0.2) is 6.54 Å². The maximum Gasteiger partial charge on any atom is 0.194 e. The topological polar surface area (TPSA) is 12.0 Å². The predicted octanol–water partition coefficient (Wildman–Crippen LogP) is 3.72. The van der Waals surface area contributed by atoms with Gasteiger partial charge in [-0.25, -0.2) is 13.2 Å². The Morgan fingerprint density at radius 1 is 1.29 bits per heavy atom. The molecule has 0 amide bonds. The zero-order valence-electron chi connectivity index (χ0n) is 9.77. The third-order valence-electron chi connectivity index (χ3n) is 2.45. The largest absolute Gasteiger partial charge is 0.310 e. The van der Waals surface area contributed by atoms with Gasteiger partial charge < -0.3 is 5.32 Å². The molecule has 1 aromatic carbocycles. The first kappa shape index (κ1) is 13.8. The highest BCUT2D eigenvalue weighted by atomic mass is 19.2. The summed E-state index contributed by atoms with van der Waals surface area (Å²) in [5.41, 5.74) is 0.398. The highest BCUT2D eigenvalue weighted by molar-refractivity contribution is 5.23. The van der Waals surface area contributed by atoms with Gasteiger partial charge in [0.25, 0.3) is 0 Å². The lowest BCUT2D eigenvalue weighted by Gasteiger charge is -2.17. The molecule has 0 aliphatic rings. The molecule has 4 heteroatoms. The summed E-state index contributed by atoms with van der Waals surface area (Å²) in [5.74, 6) is -3.75. The lowest BCUT2D eigenvalue weighted by Crippen LogP contribution is -2.22. The normalized spacial score (nSPS) is 12.5. The molecule has 1 N–H and O–H groups in total. The smallest absolute Gasteiger partial charge is 0.194 e. The fraction of sp³-hybridized carbons (Fsp3) is 0.385. The Hall–Kier alpha value is -1.29. The first-order chi connectivity index (χ1) is 8.10. The lowest BCUT2D eigenvalue weighted by atomic mass is 10.0. The van der Waals surface area contributed by atoms with Crippen molar-refractivity contribution in [3.63, 3.8) is 0 Å². The van der Waals surface area contributed by atoms with Crippen molar-refractivity contribution in [1.29, 1.82) is 0 Å². The second-order valence-corrected chi connectivity index (χ2v) is 3.83. The predicted molar refractivity (Wildman–Crippen MR) is 62.2 cm³/mol. The maximum atomic E-state index is 13.1. The van der Waals surface area contributed by atoms with Crippen LogP contribution in [0.1, 0.15) is 31.4 Å². The van der Waals surface area contributed by atoms with Crippen molar-refractivity contribution in [2.45, 2.75) is 25.8 Å². The van der Waals surface area contributed by atoms with Crippen LogP contribution in [0.2, 0.25) is 0 Å². The van der Waals surface area contributed by atoms with Gasteiger partial charge in [0.05, 0.1) is 0 Å². The first-order valence-electron chi connectivity index (χ1n) is 5.58. The third-order valence-corrected chi connectivity index (χ3v) is 2.45. The summed E-state index contributed by atoms with van der Waals surface area (Å²) in [7, 11) is 0. The van der Waals surface area contributed by atoms with Gasteiger partial charge in [0.1, 0.15) is 0 Å². The van der Waals surface area contributed by atoms with Crippen LogP contribution in [0.15, 0.2) is 24.8 Å². The summed E-state index contributed by atoms with van der Waals surface area (Å²) >= 11 is 0. The average molecular weight is 243 g/mol. The number of hydrogen-bond donors (Lipinski definition) is 1. The molecule has 17 heavy (non-hydrogen) atoms. The van der Waals surface area contributed by atoms with Crippen LogP contribution in [0.3, 0.4) is 0 Å². The molecule has 0 fully saturated rings. The van der Waals surface area contributed by atoms with E-state index in [1.807, 2.05) is 6.92 Å². The quantitative estimate of drug-likeness (QED) is 0.593. The molecule has 0 heterocycles. The van der Waals surface area contributed by atoms with Gasteiger partial charge in [-0.1, -0.05) is 13.0 Å². The molecule has 0 saturated heterocycles. The number of nitrogens with one attached hydrogen (secondary N) is 1. The molecule has 0 aromatic heterocycles. The summed E-state index contributed by atoms with van der Waals surface area (Å²) in [6.07, 6.45) is 3.09. The molecule has 1 atom stereocenters. The van der Waals surface area contributed by atoms with E-state index >= 15 is 0 Å². The van der Waals surface area contributed by atoms with E-state index in [0.717, 1.165) is 25.1 Å². The molecular weight excluding hydrogens is 227 g/mol. The van der Waals surface area contributed by atoms with Crippen LogP contribution < -0.4 is 5.32 Å². The van der Waals surface area contributed by atoms with Gasteiger partial charge in [0, 0.05) is 6.04 Å². The number of halogens is 3. The molecule has 0 radical (unpaired) electrons. The van der Waals surface area contributed by atoms with E-state index in [2.05, 4.69) is 11.9 Å². The Kier molecular flexibility index (Phi) is 5.22. The van der Waals surface area contributed by atoms with Crippen LogP contribution in [0.4, 0.5) is 13.2 Å². The number of rotatable bonds is 6. The minimum Gasteiger partial charge on any atom is -0.310 e. The molecule has 1 rings (SSSR count). The van der Waals surface area contributed by atoms with Crippen LogP contribution in [0.5, 0.6) is 0 Å². The molecule has 0 saturated carbocycles. The van der Waals surface area contributed by atoms with Gasteiger partial charge in [0.15, 0.2) is 17.5 Å². The zero-order chi connectivity index (χ0) is 12.8. The van der Waals surface area contributed by atoms with Gasteiger partial charge in [-0.3, -0.25) is 0 Å². The Balaban J connectivity index is 2.96. The standard InChI is InChI=1S/C13H16F3N/c1-3-5-12(17-6-4-2)9-7-10(14)13(16)11(15)8-9/h3,7-8,12,17H,1,4-6H2,2H3. The Bertz CT molecular complexity index is 367. The summed E-state index contributed by atoms with van der Waals surface area (Å²) in [5, 5.41) is 3.13. The van der Waals surface area contributed by atoms with Gasteiger partial charge in [-0.05, 0) is 37.1 Å². The van der Waals surface area contributed by atoms with Crippen molar-refractivity contribution in [1.82, 2.24) is 5.32 Å². The van der Waals surface area contributed by atoms with E-state index in [1.165, 1.54) is 0 Å². The average Bonchev–Trinajstić information content (AvgIpc) is 2.31. The third kappa shape index (κ3) is 3.60. The van der Waals surface area contributed by atoms with E-state index in [1.54, 1.807) is 6.08 Å².